The normalized spacial score (nSPS) is 10.6. The molecule has 0 fully saturated rings. The molecule has 0 spiro atoms. The molecule has 1 amide bonds. The molecule has 1 heterocycles. The molecule has 122 valence electrons. The molecule has 0 saturated carbocycles. The van der Waals surface area contributed by atoms with Gasteiger partial charge in [0.05, 0.1) is 0 Å². The predicted octanol–water partition coefficient (Wildman–Crippen LogP) is 5.82. The van der Waals surface area contributed by atoms with Crippen molar-refractivity contribution in [1.29, 1.82) is 0 Å². The highest BCUT2D eigenvalue weighted by Crippen LogP contribution is 2.24. The highest BCUT2D eigenvalue weighted by Gasteiger charge is 2.08. The highest BCUT2D eigenvalue weighted by molar-refractivity contribution is 6.30. The van der Waals surface area contributed by atoms with Crippen LogP contribution in [0.25, 0.3) is 11.3 Å². The van der Waals surface area contributed by atoms with Crippen molar-refractivity contribution in [3.05, 3.63) is 76.5 Å². The average Bonchev–Trinajstić information content (AvgIpc) is 3.05. The number of carbonyl (C=O) groups is 1. The molecule has 0 aliphatic heterocycles. The van der Waals surface area contributed by atoms with Crippen molar-refractivity contribution in [2.45, 2.75) is 12.8 Å². The van der Waals surface area contributed by atoms with Gasteiger partial charge in [-0.1, -0.05) is 23.2 Å². The Morgan fingerprint density at radius 1 is 0.875 bits per heavy atom. The third kappa shape index (κ3) is 4.40. The summed E-state index contributed by atoms with van der Waals surface area (Å²) < 4.78 is 5.79. The van der Waals surface area contributed by atoms with Crippen molar-refractivity contribution in [3.63, 3.8) is 0 Å². The van der Waals surface area contributed by atoms with Crippen LogP contribution in [0.4, 0.5) is 5.69 Å². The van der Waals surface area contributed by atoms with Crippen LogP contribution in [0.2, 0.25) is 10.0 Å². The van der Waals surface area contributed by atoms with E-state index in [1.165, 1.54) is 0 Å². The first-order valence-corrected chi connectivity index (χ1v) is 8.26. The third-order valence-electron chi connectivity index (χ3n) is 3.52. The molecule has 2 aromatic carbocycles. The highest BCUT2D eigenvalue weighted by atomic mass is 35.5. The Morgan fingerprint density at radius 3 is 2.17 bits per heavy atom. The number of anilines is 1. The summed E-state index contributed by atoms with van der Waals surface area (Å²) >= 11 is 11.7. The Labute approximate surface area is 150 Å². The van der Waals surface area contributed by atoms with Gasteiger partial charge in [0, 0.05) is 34.1 Å². The van der Waals surface area contributed by atoms with Gasteiger partial charge in [-0.3, -0.25) is 4.79 Å². The maximum absolute atomic E-state index is 12.0. The number of amides is 1. The SMILES string of the molecule is O=C(CCc1ccc(-c2ccc(Cl)cc2)o1)Nc1ccc(Cl)cc1. The van der Waals surface area contributed by atoms with Gasteiger partial charge in [0.25, 0.3) is 0 Å². The van der Waals surface area contributed by atoms with E-state index in [2.05, 4.69) is 5.32 Å². The van der Waals surface area contributed by atoms with Gasteiger partial charge in [0.1, 0.15) is 11.5 Å². The van der Waals surface area contributed by atoms with Gasteiger partial charge >= 0.3 is 0 Å². The van der Waals surface area contributed by atoms with Crippen molar-refractivity contribution < 1.29 is 9.21 Å². The molecule has 0 saturated heterocycles. The second-order valence-electron chi connectivity index (χ2n) is 5.33. The molecule has 0 atom stereocenters. The quantitative estimate of drug-likeness (QED) is 0.622. The van der Waals surface area contributed by atoms with E-state index in [-0.39, 0.29) is 5.91 Å². The van der Waals surface area contributed by atoms with E-state index in [9.17, 15) is 4.79 Å². The Morgan fingerprint density at radius 2 is 1.50 bits per heavy atom. The van der Waals surface area contributed by atoms with Gasteiger partial charge in [-0.15, -0.1) is 0 Å². The number of furan rings is 1. The van der Waals surface area contributed by atoms with Crippen molar-refractivity contribution in [1.82, 2.24) is 0 Å². The number of rotatable bonds is 5. The summed E-state index contributed by atoms with van der Waals surface area (Å²) in [6, 6.07) is 18.2. The van der Waals surface area contributed by atoms with Crippen LogP contribution in [-0.2, 0) is 11.2 Å². The van der Waals surface area contributed by atoms with Crippen LogP contribution in [-0.4, -0.2) is 5.91 Å². The number of aryl methyl sites for hydroxylation is 1. The zero-order chi connectivity index (χ0) is 16.9. The molecule has 24 heavy (non-hydrogen) atoms. The maximum Gasteiger partial charge on any atom is 0.224 e. The van der Waals surface area contributed by atoms with Crippen LogP contribution in [0.5, 0.6) is 0 Å². The first-order valence-electron chi connectivity index (χ1n) is 7.50. The second kappa shape index (κ2) is 7.56. The van der Waals surface area contributed by atoms with E-state index in [1.807, 2.05) is 36.4 Å². The molecule has 0 radical (unpaired) electrons. The molecule has 0 aliphatic rings. The summed E-state index contributed by atoms with van der Waals surface area (Å²) in [6.07, 6.45) is 0.878. The predicted molar refractivity (Wildman–Crippen MR) is 97.6 cm³/mol. The van der Waals surface area contributed by atoms with Crippen molar-refractivity contribution in [2.75, 3.05) is 5.32 Å². The van der Waals surface area contributed by atoms with E-state index >= 15 is 0 Å². The van der Waals surface area contributed by atoms with Gasteiger partial charge in [-0.05, 0) is 60.7 Å². The lowest BCUT2D eigenvalue weighted by Gasteiger charge is -2.04. The zero-order valence-electron chi connectivity index (χ0n) is 12.8. The summed E-state index contributed by atoms with van der Waals surface area (Å²) in [5.41, 5.74) is 1.68. The summed E-state index contributed by atoms with van der Waals surface area (Å²) in [7, 11) is 0. The number of carbonyl (C=O) groups excluding carboxylic acids is 1. The van der Waals surface area contributed by atoms with Crippen LogP contribution >= 0.6 is 23.2 Å². The van der Waals surface area contributed by atoms with E-state index < -0.39 is 0 Å². The summed E-state index contributed by atoms with van der Waals surface area (Å²) in [6.45, 7) is 0. The zero-order valence-corrected chi connectivity index (χ0v) is 14.3. The molecule has 0 bridgehead atoms. The monoisotopic (exact) mass is 359 g/mol. The summed E-state index contributed by atoms with van der Waals surface area (Å²) in [5.74, 6) is 1.47. The Balaban J connectivity index is 1.56. The van der Waals surface area contributed by atoms with Crippen LogP contribution < -0.4 is 5.32 Å². The van der Waals surface area contributed by atoms with Crippen LogP contribution in [0.1, 0.15) is 12.2 Å². The minimum Gasteiger partial charge on any atom is -0.461 e. The van der Waals surface area contributed by atoms with E-state index in [0.29, 0.717) is 22.9 Å². The standard InChI is InChI=1S/C19H15Cl2NO2/c20-14-3-1-13(2-4-14)18-11-9-17(24-18)10-12-19(23)22-16-7-5-15(21)6-8-16/h1-9,11H,10,12H2,(H,22,23). The molecular formula is C19H15Cl2NO2. The number of halogens is 2. The topological polar surface area (TPSA) is 42.2 Å². The van der Waals surface area contributed by atoms with E-state index in [0.717, 1.165) is 22.8 Å². The van der Waals surface area contributed by atoms with Gasteiger partial charge in [0.15, 0.2) is 0 Å². The number of benzene rings is 2. The van der Waals surface area contributed by atoms with Gasteiger partial charge in [-0.25, -0.2) is 0 Å². The Kier molecular flexibility index (Phi) is 5.24. The summed E-state index contributed by atoms with van der Waals surface area (Å²) in [5, 5.41) is 4.15. The Hall–Kier alpha value is -2.23. The molecule has 1 aromatic heterocycles. The van der Waals surface area contributed by atoms with E-state index in [4.69, 9.17) is 27.6 Å². The fraction of sp³-hybridized carbons (Fsp3) is 0.105. The van der Waals surface area contributed by atoms with E-state index in [1.54, 1.807) is 24.3 Å². The fourth-order valence-corrected chi connectivity index (χ4v) is 2.53. The molecule has 5 heteroatoms. The number of nitrogens with one attached hydrogen (secondary N) is 1. The smallest absolute Gasteiger partial charge is 0.224 e. The van der Waals surface area contributed by atoms with Crippen LogP contribution in [0, 0.1) is 0 Å². The van der Waals surface area contributed by atoms with Crippen LogP contribution in [0.3, 0.4) is 0 Å². The molecule has 3 aromatic rings. The Bertz CT molecular complexity index is 823. The lowest BCUT2D eigenvalue weighted by molar-refractivity contribution is -0.116. The molecule has 0 aliphatic carbocycles. The lowest BCUT2D eigenvalue weighted by atomic mass is 10.2. The van der Waals surface area contributed by atoms with Gasteiger partial charge < -0.3 is 9.73 Å². The first kappa shape index (κ1) is 16.6. The molecule has 3 nitrogen and oxygen atoms in total. The van der Waals surface area contributed by atoms with Crippen LogP contribution in [0.15, 0.2) is 65.1 Å². The van der Waals surface area contributed by atoms with Crippen molar-refractivity contribution in [2.24, 2.45) is 0 Å². The van der Waals surface area contributed by atoms with Gasteiger partial charge in [-0.2, -0.15) is 0 Å². The van der Waals surface area contributed by atoms with Gasteiger partial charge in [0.2, 0.25) is 5.91 Å². The maximum atomic E-state index is 12.0. The fourth-order valence-electron chi connectivity index (χ4n) is 2.28. The molecule has 0 unspecified atom stereocenters. The molecule has 1 N–H and O–H groups in total. The minimum atomic E-state index is -0.0678. The second-order valence-corrected chi connectivity index (χ2v) is 6.20. The van der Waals surface area contributed by atoms with Crippen molar-refractivity contribution in [3.8, 4) is 11.3 Å². The van der Waals surface area contributed by atoms with Crippen molar-refractivity contribution >= 4 is 34.8 Å². The average molecular weight is 360 g/mol. The lowest BCUT2D eigenvalue weighted by Crippen LogP contribution is -2.11. The third-order valence-corrected chi connectivity index (χ3v) is 4.02. The molecule has 3 rings (SSSR count). The summed E-state index contributed by atoms with van der Waals surface area (Å²) in [4.78, 5) is 12.0. The first-order chi connectivity index (χ1) is 11.6. The number of hydrogen-bond donors (Lipinski definition) is 1. The minimum absolute atomic E-state index is 0.0678. The number of hydrogen-bond acceptors (Lipinski definition) is 2. The molecular weight excluding hydrogens is 345 g/mol. The largest absolute Gasteiger partial charge is 0.461 e.